The number of halogens is 5. The van der Waals surface area contributed by atoms with Crippen LogP contribution in [0.3, 0.4) is 0 Å². The van der Waals surface area contributed by atoms with E-state index in [0.717, 1.165) is 12.1 Å². The second kappa shape index (κ2) is 5.48. The smallest absolute Gasteiger partial charge is 0.381 e. The van der Waals surface area contributed by atoms with Gasteiger partial charge in [0, 0.05) is 12.2 Å². The number of hydrogen-bond acceptors (Lipinski definition) is 1. The fraction of sp³-hybridized carbons (Fsp3) is 0.143. The van der Waals surface area contributed by atoms with Crippen LogP contribution in [0.5, 0.6) is 0 Å². The molecular weight excluding hydrogens is 277 g/mol. The molecule has 0 aliphatic rings. The van der Waals surface area contributed by atoms with Crippen LogP contribution < -0.4 is 5.32 Å². The summed E-state index contributed by atoms with van der Waals surface area (Å²) in [5.41, 5.74) is -0.516. The van der Waals surface area contributed by atoms with Crippen LogP contribution in [-0.4, -0.2) is 0 Å². The highest BCUT2D eigenvalue weighted by atomic mass is 19.4. The summed E-state index contributed by atoms with van der Waals surface area (Å²) in [5.74, 6) is -1.43. The summed E-state index contributed by atoms with van der Waals surface area (Å²) in [6.45, 7) is -0.0374. The van der Waals surface area contributed by atoms with Gasteiger partial charge in [-0.1, -0.05) is 6.07 Å². The summed E-state index contributed by atoms with van der Waals surface area (Å²) in [6.07, 6.45) is -4.60. The molecule has 0 amide bonds. The SMILES string of the molecule is Fc1cccc(NCc2cc(F)cc(C(F)(F)F)c2)c1. The molecule has 2 aromatic carbocycles. The van der Waals surface area contributed by atoms with Crippen molar-refractivity contribution in [2.45, 2.75) is 12.7 Å². The van der Waals surface area contributed by atoms with E-state index in [1.807, 2.05) is 0 Å². The fourth-order valence-electron chi connectivity index (χ4n) is 1.72. The maximum Gasteiger partial charge on any atom is 0.416 e. The molecule has 6 heteroatoms. The Kier molecular flexibility index (Phi) is 3.92. The zero-order valence-electron chi connectivity index (χ0n) is 10.1. The van der Waals surface area contributed by atoms with Gasteiger partial charge in [0.25, 0.3) is 0 Å². The maximum absolute atomic E-state index is 13.2. The lowest BCUT2D eigenvalue weighted by molar-refractivity contribution is -0.137. The lowest BCUT2D eigenvalue weighted by Gasteiger charge is -2.11. The Morgan fingerprint density at radius 2 is 1.65 bits per heavy atom. The number of rotatable bonds is 3. The topological polar surface area (TPSA) is 12.0 Å². The molecule has 0 aliphatic carbocycles. The molecule has 0 bridgehead atoms. The van der Waals surface area contributed by atoms with E-state index >= 15 is 0 Å². The molecule has 0 spiro atoms. The predicted octanol–water partition coefficient (Wildman–Crippen LogP) is 4.60. The normalized spacial score (nSPS) is 11.4. The molecule has 106 valence electrons. The van der Waals surface area contributed by atoms with Crippen LogP contribution in [0.4, 0.5) is 27.6 Å². The first-order valence-electron chi connectivity index (χ1n) is 5.71. The first-order chi connectivity index (χ1) is 9.34. The lowest BCUT2D eigenvalue weighted by atomic mass is 10.1. The van der Waals surface area contributed by atoms with Crippen molar-refractivity contribution in [3.8, 4) is 0 Å². The molecule has 0 heterocycles. The molecule has 1 N–H and O–H groups in total. The minimum absolute atomic E-state index is 0.0374. The second-order valence-corrected chi connectivity index (χ2v) is 4.21. The summed E-state index contributed by atoms with van der Waals surface area (Å²) >= 11 is 0. The van der Waals surface area contributed by atoms with Crippen molar-refractivity contribution in [2.24, 2.45) is 0 Å². The number of anilines is 1. The highest BCUT2D eigenvalue weighted by Gasteiger charge is 2.31. The fourth-order valence-corrected chi connectivity index (χ4v) is 1.72. The number of nitrogens with one attached hydrogen (secondary N) is 1. The van der Waals surface area contributed by atoms with Crippen LogP contribution >= 0.6 is 0 Å². The Hall–Kier alpha value is -2.11. The third-order valence-corrected chi connectivity index (χ3v) is 2.61. The summed E-state index contributed by atoms with van der Waals surface area (Å²) in [4.78, 5) is 0. The first-order valence-corrected chi connectivity index (χ1v) is 5.71. The van der Waals surface area contributed by atoms with E-state index in [-0.39, 0.29) is 12.1 Å². The third-order valence-electron chi connectivity index (χ3n) is 2.61. The van der Waals surface area contributed by atoms with Gasteiger partial charge in [0.1, 0.15) is 11.6 Å². The molecule has 0 radical (unpaired) electrons. The highest BCUT2D eigenvalue weighted by molar-refractivity contribution is 5.44. The van der Waals surface area contributed by atoms with Gasteiger partial charge in [-0.15, -0.1) is 0 Å². The third kappa shape index (κ3) is 3.69. The van der Waals surface area contributed by atoms with Crippen LogP contribution in [0.15, 0.2) is 42.5 Å². The van der Waals surface area contributed by atoms with E-state index in [4.69, 9.17) is 0 Å². The van der Waals surface area contributed by atoms with E-state index in [9.17, 15) is 22.0 Å². The molecule has 2 aromatic rings. The van der Waals surface area contributed by atoms with Crippen molar-refractivity contribution in [3.63, 3.8) is 0 Å². The van der Waals surface area contributed by atoms with Crippen molar-refractivity contribution < 1.29 is 22.0 Å². The molecular formula is C14H10F5N. The molecule has 0 saturated heterocycles. The van der Waals surface area contributed by atoms with E-state index in [1.54, 1.807) is 6.07 Å². The molecule has 20 heavy (non-hydrogen) atoms. The number of alkyl halides is 3. The monoisotopic (exact) mass is 287 g/mol. The van der Waals surface area contributed by atoms with E-state index in [2.05, 4.69) is 5.32 Å². The number of hydrogen-bond donors (Lipinski definition) is 1. The van der Waals surface area contributed by atoms with Crippen molar-refractivity contribution in [2.75, 3.05) is 5.32 Å². The molecule has 1 nitrogen and oxygen atoms in total. The Labute approximate surface area is 112 Å². The largest absolute Gasteiger partial charge is 0.416 e. The highest BCUT2D eigenvalue weighted by Crippen LogP contribution is 2.30. The van der Waals surface area contributed by atoms with Crippen LogP contribution in [0.2, 0.25) is 0 Å². The van der Waals surface area contributed by atoms with Gasteiger partial charge in [0.15, 0.2) is 0 Å². The average molecular weight is 287 g/mol. The van der Waals surface area contributed by atoms with Crippen LogP contribution in [-0.2, 0) is 12.7 Å². The predicted molar refractivity (Wildman–Crippen MR) is 65.1 cm³/mol. The first kappa shape index (κ1) is 14.3. The minimum atomic E-state index is -4.60. The van der Waals surface area contributed by atoms with Gasteiger partial charge in [-0.2, -0.15) is 13.2 Å². The molecule has 0 aromatic heterocycles. The standard InChI is InChI=1S/C14H10F5N/c15-11-2-1-3-13(7-11)20-8-9-4-10(14(17,18)19)6-12(16)5-9/h1-7,20H,8H2. The van der Waals surface area contributed by atoms with Crippen LogP contribution in [0, 0.1) is 11.6 Å². The van der Waals surface area contributed by atoms with Gasteiger partial charge in [-0.25, -0.2) is 8.78 Å². The van der Waals surface area contributed by atoms with Gasteiger partial charge in [-0.3, -0.25) is 0 Å². The molecule has 0 fully saturated rings. The molecule has 2 rings (SSSR count). The Balaban J connectivity index is 2.16. The summed E-state index contributed by atoms with van der Waals surface area (Å²) < 4.78 is 63.7. The number of benzene rings is 2. The maximum atomic E-state index is 13.2. The summed E-state index contributed by atoms with van der Waals surface area (Å²) in [7, 11) is 0. The van der Waals surface area contributed by atoms with Gasteiger partial charge in [-0.05, 0) is 42.0 Å². The quantitative estimate of drug-likeness (QED) is 0.814. The van der Waals surface area contributed by atoms with Gasteiger partial charge < -0.3 is 5.32 Å². The lowest BCUT2D eigenvalue weighted by Crippen LogP contribution is -2.08. The zero-order chi connectivity index (χ0) is 14.8. The van der Waals surface area contributed by atoms with Crippen LogP contribution in [0.1, 0.15) is 11.1 Å². The van der Waals surface area contributed by atoms with Gasteiger partial charge in [0.2, 0.25) is 0 Å². The zero-order valence-corrected chi connectivity index (χ0v) is 10.1. The van der Waals surface area contributed by atoms with Crippen molar-refractivity contribution in [3.05, 3.63) is 65.2 Å². The summed E-state index contributed by atoms with van der Waals surface area (Å²) in [5, 5.41) is 2.73. The second-order valence-electron chi connectivity index (χ2n) is 4.21. The molecule has 0 atom stereocenters. The van der Waals surface area contributed by atoms with Gasteiger partial charge in [0.05, 0.1) is 5.56 Å². The van der Waals surface area contributed by atoms with Crippen molar-refractivity contribution in [1.82, 2.24) is 0 Å². The molecule has 0 saturated carbocycles. The molecule has 0 aliphatic heterocycles. The Morgan fingerprint density at radius 3 is 2.30 bits per heavy atom. The summed E-state index contributed by atoms with van der Waals surface area (Å²) in [6, 6.07) is 7.76. The Bertz CT molecular complexity index is 607. The van der Waals surface area contributed by atoms with Gasteiger partial charge >= 0.3 is 6.18 Å². The van der Waals surface area contributed by atoms with Crippen molar-refractivity contribution in [1.29, 1.82) is 0 Å². The minimum Gasteiger partial charge on any atom is -0.381 e. The average Bonchev–Trinajstić information content (AvgIpc) is 2.35. The van der Waals surface area contributed by atoms with Crippen molar-refractivity contribution >= 4 is 5.69 Å². The molecule has 0 unspecified atom stereocenters. The van der Waals surface area contributed by atoms with E-state index in [1.165, 1.54) is 18.2 Å². The van der Waals surface area contributed by atoms with E-state index < -0.39 is 23.4 Å². The van der Waals surface area contributed by atoms with E-state index in [0.29, 0.717) is 11.8 Å². The van der Waals surface area contributed by atoms with Crippen LogP contribution in [0.25, 0.3) is 0 Å². The Morgan fingerprint density at radius 1 is 0.900 bits per heavy atom.